The van der Waals surface area contributed by atoms with Crippen LogP contribution in [0, 0.1) is 0 Å². The Bertz CT molecular complexity index is 418. The molecular weight excluding hydrogens is 230 g/mol. The first-order valence-electron chi connectivity index (χ1n) is 4.66. The van der Waals surface area contributed by atoms with Crippen LogP contribution in [-0.2, 0) is 20.7 Å². The van der Waals surface area contributed by atoms with Crippen molar-refractivity contribution in [2.45, 2.75) is 13.3 Å². The van der Waals surface area contributed by atoms with Crippen molar-refractivity contribution in [3.8, 4) is 0 Å². The molecule has 0 fully saturated rings. The number of nitrogens with one attached hydrogen (secondary N) is 1. The first-order chi connectivity index (χ1) is 7.54. The summed E-state index contributed by atoms with van der Waals surface area (Å²) in [6.07, 6.45) is 0.0861. The zero-order chi connectivity index (χ0) is 12.1. The van der Waals surface area contributed by atoms with E-state index in [-0.39, 0.29) is 18.3 Å². The lowest BCUT2D eigenvalue weighted by molar-refractivity contribution is -0.139. The normalized spacial score (nSPS) is 9.69. The molecule has 0 aromatic heterocycles. The van der Waals surface area contributed by atoms with Crippen molar-refractivity contribution in [2.24, 2.45) is 0 Å². The minimum Gasteiger partial charge on any atom is -0.469 e. The fourth-order valence-corrected chi connectivity index (χ4v) is 1.47. The number of benzene rings is 1. The van der Waals surface area contributed by atoms with Crippen molar-refractivity contribution in [3.63, 3.8) is 0 Å². The van der Waals surface area contributed by atoms with Crippen molar-refractivity contribution in [2.75, 3.05) is 12.4 Å². The Hall–Kier alpha value is -1.55. The van der Waals surface area contributed by atoms with Gasteiger partial charge in [0, 0.05) is 6.92 Å². The van der Waals surface area contributed by atoms with Crippen molar-refractivity contribution in [1.82, 2.24) is 0 Å². The van der Waals surface area contributed by atoms with Gasteiger partial charge in [-0.05, 0) is 11.6 Å². The molecule has 1 aromatic carbocycles. The van der Waals surface area contributed by atoms with Gasteiger partial charge in [-0.15, -0.1) is 0 Å². The van der Waals surface area contributed by atoms with Gasteiger partial charge in [0.05, 0.1) is 24.2 Å². The highest BCUT2D eigenvalue weighted by Crippen LogP contribution is 2.26. The SMILES string of the molecule is COC(=O)Cc1cccc(NC(C)=O)c1Cl. The monoisotopic (exact) mass is 241 g/mol. The molecule has 0 aliphatic heterocycles. The molecule has 0 spiro atoms. The third-order valence-corrected chi connectivity index (χ3v) is 2.40. The minimum absolute atomic E-state index is 0.0861. The van der Waals surface area contributed by atoms with Gasteiger partial charge in [0.15, 0.2) is 0 Å². The number of carbonyl (C=O) groups excluding carboxylic acids is 2. The molecule has 0 bridgehead atoms. The molecule has 0 saturated heterocycles. The Labute approximate surface area is 98.5 Å². The number of hydrogen-bond acceptors (Lipinski definition) is 3. The molecule has 1 amide bonds. The van der Waals surface area contributed by atoms with Crippen LogP contribution in [0.1, 0.15) is 12.5 Å². The predicted molar refractivity (Wildman–Crippen MR) is 61.5 cm³/mol. The molecule has 0 radical (unpaired) electrons. The van der Waals surface area contributed by atoms with E-state index in [1.54, 1.807) is 18.2 Å². The first-order valence-corrected chi connectivity index (χ1v) is 5.04. The van der Waals surface area contributed by atoms with Crippen LogP contribution in [0.3, 0.4) is 0 Å². The maximum atomic E-state index is 11.1. The molecule has 86 valence electrons. The number of methoxy groups -OCH3 is 1. The molecule has 4 nitrogen and oxygen atoms in total. The molecule has 0 unspecified atom stereocenters. The van der Waals surface area contributed by atoms with Gasteiger partial charge in [-0.25, -0.2) is 0 Å². The largest absolute Gasteiger partial charge is 0.469 e. The summed E-state index contributed by atoms with van der Waals surface area (Å²) in [6.45, 7) is 1.39. The maximum absolute atomic E-state index is 11.1. The number of hydrogen-bond donors (Lipinski definition) is 1. The summed E-state index contributed by atoms with van der Waals surface area (Å²) in [5, 5.41) is 2.95. The van der Waals surface area contributed by atoms with E-state index >= 15 is 0 Å². The van der Waals surface area contributed by atoms with Crippen LogP contribution in [0.5, 0.6) is 0 Å². The standard InChI is InChI=1S/C11H12ClNO3/c1-7(14)13-9-5-3-4-8(11(9)12)6-10(15)16-2/h3-5H,6H2,1-2H3,(H,13,14). The van der Waals surface area contributed by atoms with Crippen molar-refractivity contribution in [1.29, 1.82) is 0 Å². The fourth-order valence-electron chi connectivity index (χ4n) is 1.23. The van der Waals surface area contributed by atoms with Crippen LogP contribution < -0.4 is 5.32 Å². The van der Waals surface area contributed by atoms with Gasteiger partial charge in [-0.3, -0.25) is 9.59 Å². The zero-order valence-corrected chi connectivity index (χ0v) is 9.80. The third-order valence-electron chi connectivity index (χ3n) is 1.95. The van der Waals surface area contributed by atoms with Gasteiger partial charge in [0.25, 0.3) is 0 Å². The van der Waals surface area contributed by atoms with E-state index in [2.05, 4.69) is 10.1 Å². The van der Waals surface area contributed by atoms with Crippen LogP contribution >= 0.6 is 11.6 Å². The van der Waals surface area contributed by atoms with Gasteiger partial charge in [0.2, 0.25) is 5.91 Å². The lowest BCUT2D eigenvalue weighted by atomic mass is 10.1. The number of halogens is 1. The van der Waals surface area contributed by atoms with E-state index in [1.807, 2.05) is 0 Å². The second kappa shape index (κ2) is 5.51. The first kappa shape index (κ1) is 12.5. The van der Waals surface area contributed by atoms with Crippen LogP contribution in [0.4, 0.5) is 5.69 Å². The average molecular weight is 242 g/mol. The van der Waals surface area contributed by atoms with E-state index in [0.717, 1.165) is 0 Å². The number of amides is 1. The van der Waals surface area contributed by atoms with E-state index in [4.69, 9.17) is 11.6 Å². The van der Waals surface area contributed by atoms with Crippen LogP contribution in [0.15, 0.2) is 18.2 Å². The van der Waals surface area contributed by atoms with E-state index in [0.29, 0.717) is 16.3 Å². The predicted octanol–water partition coefficient (Wildman–Crippen LogP) is 2.01. The zero-order valence-electron chi connectivity index (χ0n) is 9.04. The van der Waals surface area contributed by atoms with E-state index in [1.165, 1.54) is 14.0 Å². The van der Waals surface area contributed by atoms with Crippen molar-refractivity contribution in [3.05, 3.63) is 28.8 Å². The molecule has 5 heteroatoms. The van der Waals surface area contributed by atoms with Gasteiger partial charge < -0.3 is 10.1 Å². The molecule has 1 aromatic rings. The average Bonchev–Trinajstić information content (AvgIpc) is 2.23. The Balaban J connectivity index is 2.94. The molecule has 1 rings (SSSR count). The molecule has 0 aliphatic rings. The lowest BCUT2D eigenvalue weighted by Crippen LogP contribution is -2.09. The molecule has 0 saturated carbocycles. The van der Waals surface area contributed by atoms with Crippen molar-refractivity contribution < 1.29 is 14.3 Å². The van der Waals surface area contributed by atoms with E-state index in [9.17, 15) is 9.59 Å². The van der Waals surface area contributed by atoms with Gasteiger partial charge in [-0.1, -0.05) is 23.7 Å². The summed E-state index contributed by atoms with van der Waals surface area (Å²) in [5.41, 5.74) is 1.12. The molecule has 0 aliphatic carbocycles. The van der Waals surface area contributed by atoms with E-state index < -0.39 is 0 Å². The Morgan fingerprint density at radius 3 is 2.69 bits per heavy atom. The number of carbonyl (C=O) groups is 2. The lowest BCUT2D eigenvalue weighted by Gasteiger charge is -2.08. The second-order valence-electron chi connectivity index (χ2n) is 3.21. The highest BCUT2D eigenvalue weighted by molar-refractivity contribution is 6.34. The highest BCUT2D eigenvalue weighted by atomic mass is 35.5. The van der Waals surface area contributed by atoms with Gasteiger partial charge >= 0.3 is 5.97 Å². The topological polar surface area (TPSA) is 55.4 Å². The summed E-state index contributed by atoms with van der Waals surface area (Å²) in [6, 6.07) is 5.10. The summed E-state index contributed by atoms with van der Waals surface area (Å²) >= 11 is 6.03. The quantitative estimate of drug-likeness (QED) is 0.824. The Kier molecular flexibility index (Phi) is 4.31. The maximum Gasteiger partial charge on any atom is 0.310 e. The van der Waals surface area contributed by atoms with Gasteiger partial charge in [0.1, 0.15) is 0 Å². The molecule has 16 heavy (non-hydrogen) atoms. The summed E-state index contributed by atoms with van der Waals surface area (Å²) < 4.78 is 4.55. The van der Waals surface area contributed by atoms with Crippen molar-refractivity contribution >= 4 is 29.2 Å². The van der Waals surface area contributed by atoms with Crippen LogP contribution in [0.2, 0.25) is 5.02 Å². The van der Waals surface area contributed by atoms with Crippen LogP contribution in [-0.4, -0.2) is 19.0 Å². The molecule has 0 heterocycles. The number of ether oxygens (including phenoxy) is 1. The smallest absolute Gasteiger partial charge is 0.310 e. The molecule has 1 N–H and O–H groups in total. The minimum atomic E-state index is -0.373. The highest BCUT2D eigenvalue weighted by Gasteiger charge is 2.10. The van der Waals surface area contributed by atoms with Crippen LogP contribution in [0.25, 0.3) is 0 Å². The summed E-state index contributed by atoms with van der Waals surface area (Å²) in [4.78, 5) is 22.0. The van der Waals surface area contributed by atoms with Gasteiger partial charge in [-0.2, -0.15) is 0 Å². The number of anilines is 1. The second-order valence-corrected chi connectivity index (χ2v) is 3.59. The third kappa shape index (κ3) is 3.24. The summed E-state index contributed by atoms with van der Waals surface area (Å²) in [7, 11) is 1.31. The summed E-state index contributed by atoms with van der Waals surface area (Å²) in [5.74, 6) is -0.584. The molecular formula is C11H12ClNO3. The molecule has 0 atom stereocenters. The number of esters is 1. The Morgan fingerprint density at radius 2 is 2.12 bits per heavy atom. The number of rotatable bonds is 3. The Morgan fingerprint density at radius 1 is 1.44 bits per heavy atom. The fraction of sp³-hybridized carbons (Fsp3) is 0.273.